The molecule has 3 nitrogen and oxygen atoms in total. The minimum atomic E-state index is -0.861. The van der Waals surface area contributed by atoms with E-state index < -0.39 is 11.8 Å². The van der Waals surface area contributed by atoms with Gasteiger partial charge in [-0.3, -0.25) is 4.79 Å². The predicted molar refractivity (Wildman–Crippen MR) is 64.9 cm³/mol. The normalized spacial score (nSPS) is 10.0. The molecule has 0 aliphatic rings. The van der Waals surface area contributed by atoms with Crippen LogP contribution in [0.15, 0.2) is 16.6 Å². The summed E-state index contributed by atoms with van der Waals surface area (Å²) >= 11 is 9.13. The van der Waals surface area contributed by atoms with Gasteiger partial charge in [0.05, 0.1) is 6.61 Å². The molecule has 0 aromatic heterocycles. The van der Waals surface area contributed by atoms with E-state index in [1.807, 2.05) is 0 Å². The van der Waals surface area contributed by atoms with Crippen LogP contribution in [-0.4, -0.2) is 18.4 Å². The lowest BCUT2D eigenvalue weighted by Gasteiger charge is -2.07. The van der Waals surface area contributed by atoms with Gasteiger partial charge in [0.1, 0.15) is 0 Å². The zero-order valence-electron chi connectivity index (χ0n) is 8.84. The molecule has 0 N–H and O–H groups in total. The van der Waals surface area contributed by atoms with Crippen LogP contribution in [0.2, 0.25) is 5.02 Å². The third-order valence-corrected chi connectivity index (χ3v) is 2.86. The molecule has 0 fully saturated rings. The molecule has 0 aliphatic heterocycles. The average Bonchev–Trinajstić information content (AvgIpc) is 2.22. The number of ether oxygens (including phenoxy) is 1. The predicted octanol–water partition coefficient (Wildman–Crippen LogP) is 3.16. The molecule has 0 spiro atoms. The number of benzene rings is 1. The van der Waals surface area contributed by atoms with Crippen molar-refractivity contribution < 1.29 is 14.3 Å². The fraction of sp³-hybridized carbons (Fsp3) is 0.273. The van der Waals surface area contributed by atoms with E-state index in [4.69, 9.17) is 11.6 Å². The Morgan fingerprint density at radius 2 is 2.06 bits per heavy atom. The molecule has 16 heavy (non-hydrogen) atoms. The molecule has 0 aliphatic carbocycles. The zero-order valence-corrected chi connectivity index (χ0v) is 11.2. The summed E-state index contributed by atoms with van der Waals surface area (Å²) in [6.45, 7) is 3.50. The number of ketones is 1. The first-order valence-electron chi connectivity index (χ1n) is 4.64. The largest absolute Gasteiger partial charge is 0.460 e. The Morgan fingerprint density at radius 3 is 2.62 bits per heavy atom. The number of carbonyl (C=O) groups excluding carboxylic acids is 2. The second-order valence-electron chi connectivity index (χ2n) is 3.11. The van der Waals surface area contributed by atoms with Gasteiger partial charge in [-0.2, -0.15) is 0 Å². The standard InChI is InChI=1S/C11H10BrClO3/c1-3-16-11(15)10(14)8-4-7(12)5-9(13)6(8)2/h4-5H,3H2,1-2H3. The fourth-order valence-electron chi connectivity index (χ4n) is 1.19. The highest BCUT2D eigenvalue weighted by Crippen LogP contribution is 2.25. The Labute approximate surface area is 107 Å². The minimum absolute atomic E-state index is 0.172. The number of hydrogen-bond acceptors (Lipinski definition) is 3. The average molecular weight is 306 g/mol. The highest BCUT2D eigenvalue weighted by Gasteiger charge is 2.21. The molecule has 1 rings (SSSR count). The molecule has 0 amide bonds. The van der Waals surface area contributed by atoms with Crippen molar-refractivity contribution in [3.05, 3.63) is 32.8 Å². The summed E-state index contributed by atoms with van der Waals surface area (Å²) in [4.78, 5) is 23.0. The highest BCUT2D eigenvalue weighted by atomic mass is 79.9. The Bertz CT molecular complexity index is 443. The molecule has 0 bridgehead atoms. The van der Waals surface area contributed by atoms with Gasteiger partial charge in [-0.05, 0) is 31.5 Å². The van der Waals surface area contributed by atoms with Gasteiger partial charge >= 0.3 is 5.97 Å². The van der Waals surface area contributed by atoms with Gasteiger partial charge in [0.15, 0.2) is 0 Å². The van der Waals surface area contributed by atoms with Gasteiger partial charge in [0.25, 0.3) is 5.78 Å². The third kappa shape index (κ3) is 2.83. The van der Waals surface area contributed by atoms with Crippen LogP contribution in [0.3, 0.4) is 0 Å². The summed E-state index contributed by atoms with van der Waals surface area (Å²) in [6.07, 6.45) is 0. The summed E-state index contributed by atoms with van der Waals surface area (Å²) in [5.41, 5.74) is 0.834. The van der Waals surface area contributed by atoms with E-state index >= 15 is 0 Å². The number of halogens is 2. The van der Waals surface area contributed by atoms with Crippen LogP contribution in [0.5, 0.6) is 0 Å². The van der Waals surface area contributed by atoms with Crippen molar-refractivity contribution in [1.29, 1.82) is 0 Å². The molecule has 0 radical (unpaired) electrons. The summed E-state index contributed by atoms with van der Waals surface area (Å²) in [5.74, 6) is -1.54. The fourth-order valence-corrected chi connectivity index (χ4v) is 2.00. The Morgan fingerprint density at radius 1 is 1.44 bits per heavy atom. The second kappa shape index (κ2) is 5.46. The highest BCUT2D eigenvalue weighted by molar-refractivity contribution is 9.10. The van der Waals surface area contributed by atoms with Crippen LogP contribution >= 0.6 is 27.5 Å². The Hall–Kier alpha value is -0.870. The van der Waals surface area contributed by atoms with Gasteiger partial charge in [-0.1, -0.05) is 27.5 Å². The summed E-state index contributed by atoms with van der Waals surface area (Å²) < 4.78 is 5.29. The molecule has 1 aromatic carbocycles. The maximum absolute atomic E-state index is 11.7. The van der Waals surface area contributed by atoms with E-state index in [9.17, 15) is 9.59 Å². The zero-order chi connectivity index (χ0) is 12.3. The van der Waals surface area contributed by atoms with Crippen molar-refractivity contribution >= 4 is 39.3 Å². The molecule has 0 saturated heterocycles. The summed E-state index contributed by atoms with van der Waals surface area (Å²) in [6, 6.07) is 3.22. The lowest BCUT2D eigenvalue weighted by molar-refractivity contribution is -0.137. The van der Waals surface area contributed by atoms with E-state index in [2.05, 4.69) is 20.7 Å². The molecule has 0 saturated carbocycles. The van der Waals surface area contributed by atoms with Gasteiger partial charge in [-0.15, -0.1) is 0 Å². The molecule has 0 heterocycles. The monoisotopic (exact) mass is 304 g/mol. The first-order valence-corrected chi connectivity index (χ1v) is 5.81. The minimum Gasteiger partial charge on any atom is -0.460 e. The number of carbonyl (C=O) groups is 2. The lowest BCUT2D eigenvalue weighted by Crippen LogP contribution is -2.18. The van der Waals surface area contributed by atoms with Crippen molar-refractivity contribution in [2.45, 2.75) is 13.8 Å². The van der Waals surface area contributed by atoms with Crippen molar-refractivity contribution in [2.24, 2.45) is 0 Å². The SMILES string of the molecule is CCOC(=O)C(=O)c1cc(Br)cc(Cl)c1C. The van der Waals surface area contributed by atoms with Crippen molar-refractivity contribution in [2.75, 3.05) is 6.61 Å². The van der Waals surface area contributed by atoms with E-state index in [-0.39, 0.29) is 12.2 Å². The van der Waals surface area contributed by atoms with E-state index in [1.165, 1.54) is 0 Å². The van der Waals surface area contributed by atoms with Gasteiger partial charge in [-0.25, -0.2) is 4.79 Å². The summed E-state index contributed by atoms with van der Waals surface area (Å²) in [5, 5.41) is 0.432. The summed E-state index contributed by atoms with van der Waals surface area (Å²) in [7, 11) is 0. The van der Waals surface area contributed by atoms with E-state index in [0.29, 0.717) is 15.1 Å². The quantitative estimate of drug-likeness (QED) is 0.489. The van der Waals surface area contributed by atoms with Crippen LogP contribution < -0.4 is 0 Å². The van der Waals surface area contributed by atoms with Gasteiger partial charge in [0.2, 0.25) is 0 Å². The van der Waals surface area contributed by atoms with Crippen LogP contribution in [-0.2, 0) is 9.53 Å². The van der Waals surface area contributed by atoms with Crippen molar-refractivity contribution in [3.8, 4) is 0 Å². The van der Waals surface area contributed by atoms with Crippen molar-refractivity contribution in [3.63, 3.8) is 0 Å². The van der Waals surface area contributed by atoms with E-state index in [0.717, 1.165) is 0 Å². The number of hydrogen-bond donors (Lipinski definition) is 0. The second-order valence-corrected chi connectivity index (χ2v) is 4.43. The molecule has 0 unspecified atom stereocenters. The van der Waals surface area contributed by atoms with Crippen LogP contribution in [0.25, 0.3) is 0 Å². The van der Waals surface area contributed by atoms with Crippen molar-refractivity contribution in [1.82, 2.24) is 0 Å². The van der Waals surface area contributed by atoms with Crippen LogP contribution in [0.4, 0.5) is 0 Å². The van der Waals surface area contributed by atoms with Crippen LogP contribution in [0, 0.1) is 6.92 Å². The smallest absolute Gasteiger partial charge is 0.379 e. The van der Waals surface area contributed by atoms with E-state index in [1.54, 1.807) is 26.0 Å². The molecular weight excluding hydrogens is 295 g/mol. The topological polar surface area (TPSA) is 43.4 Å². The molecule has 5 heteroatoms. The van der Waals surface area contributed by atoms with Gasteiger partial charge in [0, 0.05) is 15.1 Å². The number of Topliss-reactive ketones (excluding diaryl/α,β-unsaturated/α-hetero) is 1. The van der Waals surface area contributed by atoms with Gasteiger partial charge < -0.3 is 4.74 Å². The lowest BCUT2D eigenvalue weighted by atomic mass is 10.1. The number of esters is 1. The number of rotatable bonds is 3. The Kier molecular flexibility index (Phi) is 4.50. The maximum Gasteiger partial charge on any atom is 0.379 e. The molecule has 0 atom stereocenters. The first-order chi connectivity index (χ1) is 7.47. The third-order valence-electron chi connectivity index (χ3n) is 2.01. The van der Waals surface area contributed by atoms with Crippen LogP contribution in [0.1, 0.15) is 22.8 Å². The Balaban J connectivity index is 3.13. The molecular formula is C11H10BrClO3. The molecule has 86 valence electrons. The first kappa shape index (κ1) is 13.2. The molecule has 1 aromatic rings. The maximum atomic E-state index is 11.7.